The van der Waals surface area contributed by atoms with Crippen molar-refractivity contribution in [3.8, 4) is 5.75 Å². The fraction of sp³-hybridized carbons (Fsp3) is 0.444. The number of benzene rings is 1. The smallest absolute Gasteiger partial charge is 0.490 e. The monoisotopic (exact) mass is 387 g/mol. The van der Waals surface area contributed by atoms with Gasteiger partial charge in [0.15, 0.2) is 0 Å². The minimum absolute atomic E-state index is 0.885. The van der Waals surface area contributed by atoms with E-state index in [0.29, 0.717) is 0 Å². The molecule has 0 bridgehead atoms. The Balaban J connectivity index is 0.000000445. The Morgan fingerprint density at radius 2 is 1.96 bits per heavy atom. The van der Waals surface area contributed by atoms with Gasteiger partial charge in [0.05, 0.1) is 12.8 Å². The number of para-hydroxylation sites is 1. The van der Waals surface area contributed by atoms with Gasteiger partial charge in [-0.15, -0.1) is 0 Å². The third-order valence-electron chi connectivity index (χ3n) is 3.61. The van der Waals surface area contributed by atoms with E-state index < -0.39 is 12.1 Å². The van der Waals surface area contributed by atoms with Crippen molar-refractivity contribution in [2.45, 2.75) is 32.5 Å². The second-order valence-electron chi connectivity index (χ2n) is 6.00. The lowest BCUT2D eigenvalue weighted by molar-refractivity contribution is -0.192. The minimum atomic E-state index is -5.08. The molecular formula is C18H24F3N3O3. The van der Waals surface area contributed by atoms with Crippen molar-refractivity contribution in [2.24, 2.45) is 0 Å². The number of carbonyl (C=O) groups is 1. The summed E-state index contributed by atoms with van der Waals surface area (Å²) in [6.07, 6.45) is -2.94. The molecule has 0 aliphatic rings. The SMILES string of the molecule is COc1ccccc1CCCN(C)Cc1cc(C)[nH]n1.O=C(O)C(F)(F)F. The minimum Gasteiger partial charge on any atom is -0.496 e. The molecule has 1 heterocycles. The molecule has 0 aliphatic heterocycles. The van der Waals surface area contributed by atoms with Gasteiger partial charge in [-0.1, -0.05) is 18.2 Å². The molecule has 27 heavy (non-hydrogen) atoms. The van der Waals surface area contributed by atoms with Crippen LogP contribution < -0.4 is 4.74 Å². The standard InChI is InChI=1S/C16H23N3O.C2HF3O2/c1-13-11-15(18-17-13)12-19(2)10-6-8-14-7-4-5-9-16(14)20-3;3-2(4,5)1(6)7/h4-5,7,9,11H,6,8,10,12H2,1-3H3,(H,17,18);(H,6,7). The topological polar surface area (TPSA) is 78.5 Å². The van der Waals surface area contributed by atoms with Crippen LogP contribution in [0.15, 0.2) is 30.3 Å². The number of hydrogen-bond acceptors (Lipinski definition) is 4. The van der Waals surface area contributed by atoms with E-state index in [9.17, 15) is 13.2 Å². The van der Waals surface area contributed by atoms with Crippen LogP contribution in [-0.2, 0) is 17.8 Å². The summed E-state index contributed by atoms with van der Waals surface area (Å²) in [7, 11) is 3.86. The van der Waals surface area contributed by atoms with Crippen LogP contribution >= 0.6 is 0 Å². The number of nitrogens with zero attached hydrogens (tertiary/aromatic N) is 2. The third kappa shape index (κ3) is 8.59. The molecule has 0 saturated carbocycles. The summed E-state index contributed by atoms with van der Waals surface area (Å²) >= 11 is 0. The molecule has 0 spiro atoms. The van der Waals surface area contributed by atoms with Gasteiger partial charge in [-0.2, -0.15) is 18.3 Å². The van der Waals surface area contributed by atoms with Crippen molar-refractivity contribution >= 4 is 5.97 Å². The van der Waals surface area contributed by atoms with Crippen LogP contribution in [-0.4, -0.2) is 53.1 Å². The summed E-state index contributed by atoms with van der Waals surface area (Å²) in [6.45, 7) is 3.96. The largest absolute Gasteiger partial charge is 0.496 e. The van der Waals surface area contributed by atoms with Gasteiger partial charge < -0.3 is 14.7 Å². The van der Waals surface area contributed by atoms with E-state index in [1.54, 1.807) is 7.11 Å². The summed E-state index contributed by atoms with van der Waals surface area (Å²) in [5, 5.41) is 14.4. The number of methoxy groups -OCH3 is 1. The number of H-pyrrole nitrogens is 1. The van der Waals surface area contributed by atoms with Crippen molar-refractivity contribution in [1.29, 1.82) is 0 Å². The molecule has 0 saturated heterocycles. The summed E-state index contributed by atoms with van der Waals surface area (Å²) in [4.78, 5) is 11.2. The van der Waals surface area contributed by atoms with Gasteiger partial charge in [0.25, 0.3) is 0 Å². The van der Waals surface area contributed by atoms with Crippen molar-refractivity contribution in [1.82, 2.24) is 15.1 Å². The number of hydrogen-bond donors (Lipinski definition) is 2. The molecular weight excluding hydrogens is 363 g/mol. The number of rotatable bonds is 7. The van der Waals surface area contributed by atoms with E-state index in [0.717, 1.165) is 43.1 Å². The number of aliphatic carboxylic acids is 1. The molecule has 2 N–H and O–H groups in total. The highest BCUT2D eigenvalue weighted by Gasteiger charge is 2.38. The number of carboxylic acids is 1. The Kier molecular flexibility index (Phi) is 8.80. The molecule has 1 aromatic carbocycles. The van der Waals surface area contributed by atoms with Crippen LogP contribution in [0.5, 0.6) is 5.75 Å². The average Bonchev–Trinajstić information content (AvgIpc) is 2.99. The number of aryl methyl sites for hydroxylation is 2. The molecule has 0 radical (unpaired) electrons. The van der Waals surface area contributed by atoms with E-state index in [2.05, 4.69) is 40.3 Å². The summed E-state index contributed by atoms with van der Waals surface area (Å²) in [5.41, 5.74) is 3.49. The van der Waals surface area contributed by atoms with Crippen LogP contribution in [0, 0.1) is 6.92 Å². The number of carboxylic acid groups (broad SMARTS) is 1. The van der Waals surface area contributed by atoms with Crippen LogP contribution in [0.25, 0.3) is 0 Å². The molecule has 6 nitrogen and oxygen atoms in total. The lowest BCUT2D eigenvalue weighted by Crippen LogP contribution is -2.21. The van der Waals surface area contributed by atoms with Crippen molar-refractivity contribution < 1.29 is 27.8 Å². The van der Waals surface area contributed by atoms with E-state index in [4.69, 9.17) is 14.6 Å². The number of aromatic amines is 1. The zero-order valence-corrected chi connectivity index (χ0v) is 15.5. The Morgan fingerprint density at radius 1 is 1.33 bits per heavy atom. The van der Waals surface area contributed by atoms with Gasteiger partial charge in [-0.05, 0) is 51.1 Å². The first-order valence-corrected chi connectivity index (χ1v) is 8.25. The second-order valence-corrected chi connectivity index (χ2v) is 6.00. The highest BCUT2D eigenvalue weighted by molar-refractivity contribution is 5.73. The maximum atomic E-state index is 10.6. The van der Waals surface area contributed by atoms with Crippen LogP contribution in [0.2, 0.25) is 0 Å². The molecule has 2 aromatic rings. The zero-order valence-electron chi connectivity index (χ0n) is 15.5. The number of halogens is 3. The molecule has 0 fully saturated rings. The van der Waals surface area contributed by atoms with Crippen LogP contribution in [0.4, 0.5) is 13.2 Å². The highest BCUT2D eigenvalue weighted by Crippen LogP contribution is 2.19. The molecule has 2 rings (SSSR count). The van der Waals surface area contributed by atoms with E-state index in [-0.39, 0.29) is 0 Å². The van der Waals surface area contributed by atoms with E-state index in [1.165, 1.54) is 5.56 Å². The first-order valence-electron chi connectivity index (χ1n) is 8.25. The average molecular weight is 387 g/mol. The first-order chi connectivity index (χ1) is 12.6. The number of nitrogens with one attached hydrogen (secondary N) is 1. The molecule has 1 aromatic heterocycles. The zero-order chi connectivity index (χ0) is 20.4. The number of aromatic nitrogens is 2. The second kappa shape index (κ2) is 10.6. The van der Waals surface area contributed by atoms with Crippen LogP contribution in [0.1, 0.15) is 23.4 Å². The molecule has 0 unspecified atom stereocenters. The maximum absolute atomic E-state index is 10.6. The lowest BCUT2D eigenvalue weighted by atomic mass is 10.1. The maximum Gasteiger partial charge on any atom is 0.490 e. The predicted octanol–water partition coefficient (Wildman–Crippen LogP) is 3.42. The Morgan fingerprint density at radius 3 is 2.48 bits per heavy atom. The van der Waals surface area contributed by atoms with Gasteiger partial charge in [0.2, 0.25) is 0 Å². The van der Waals surface area contributed by atoms with E-state index in [1.807, 2.05) is 19.1 Å². The van der Waals surface area contributed by atoms with Crippen LogP contribution in [0.3, 0.4) is 0 Å². The Hall–Kier alpha value is -2.55. The normalized spacial score (nSPS) is 11.1. The van der Waals surface area contributed by atoms with Crippen molar-refractivity contribution in [3.05, 3.63) is 47.3 Å². The van der Waals surface area contributed by atoms with Gasteiger partial charge in [-0.25, -0.2) is 4.79 Å². The van der Waals surface area contributed by atoms with Gasteiger partial charge in [0.1, 0.15) is 5.75 Å². The third-order valence-corrected chi connectivity index (χ3v) is 3.61. The predicted molar refractivity (Wildman–Crippen MR) is 94.7 cm³/mol. The Labute approximate surface area is 156 Å². The molecule has 0 atom stereocenters. The van der Waals surface area contributed by atoms with E-state index >= 15 is 0 Å². The highest BCUT2D eigenvalue weighted by atomic mass is 19.4. The fourth-order valence-electron chi connectivity index (χ4n) is 2.36. The molecule has 0 amide bonds. The van der Waals surface area contributed by atoms with Gasteiger partial charge >= 0.3 is 12.1 Å². The lowest BCUT2D eigenvalue weighted by Gasteiger charge is -2.15. The van der Waals surface area contributed by atoms with Crippen molar-refractivity contribution in [2.75, 3.05) is 20.7 Å². The summed E-state index contributed by atoms with van der Waals surface area (Å²) in [5.74, 6) is -1.77. The number of ether oxygens (including phenoxy) is 1. The first kappa shape index (κ1) is 22.5. The van der Waals surface area contributed by atoms with Crippen molar-refractivity contribution in [3.63, 3.8) is 0 Å². The fourth-order valence-corrected chi connectivity index (χ4v) is 2.36. The van der Waals surface area contributed by atoms with Gasteiger partial charge in [-0.3, -0.25) is 5.10 Å². The molecule has 9 heteroatoms. The quantitative estimate of drug-likeness (QED) is 0.761. The summed E-state index contributed by atoms with van der Waals surface area (Å²) < 4.78 is 37.1. The molecule has 150 valence electrons. The molecule has 0 aliphatic carbocycles. The number of alkyl halides is 3. The summed E-state index contributed by atoms with van der Waals surface area (Å²) in [6, 6.07) is 10.3. The Bertz CT molecular complexity index is 717. The van der Waals surface area contributed by atoms with Gasteiger partial charge in [0, 0.05) is 12.2 Å².